The van der Waals surface area contributed by atoms with Crippen LogP contribution in [0.1, 0.15) is 20.8 Å². The second-order valence-electron chi connectivity index (χ2n) is 3.62. The van der Waals surface area contributed by atoms with E-state index in [1.165, 1.54) is 6.08 Å². The van der Waals surface area contributed by atoms with Crippen molar-refractivity contribution in [2.45, 2.75) is 30.7 Å². The molecular formula is C10H11Cl3N2O3. The number of ketones is 1. The molecule has 0 aliphatic carbocycles. The molecule has 5 nitrogen and oxygen atoms in total. The second-order valence-corrected chi connectivity index (χ2v) is 5.99. The smallest absolute Gasteiger partial charge is 0.441 e. The van der Waals surface area contributed by atoms with E-state index in [0.29, 0.717) is 0 Å². The fourth-order valence-electron chi connectivity index (χ4n) is 0.924. The van der Waals surface area contributed by atoms with Gasteiger partial charge >= 0.3 is 11.7 Å². The van der Waals surface area contributed by atoms with Crippen LogP contribution in [0.2, 0.25) is 0 Å². The lowest BCUT2D eigenvalue weighted by Gasteiger charge is -2.20. The number of Topliss-reactive ketones (excluding diaryl/α,β-unsaturated/α-hetero) is 1. The minimum atomic E-state index is -1.90. The number of alkyl halides is 3. The van der Waals surface area contributed by atoms with Crippen LogP contribution in [0.25, 0.3) is 5.53 Å². The van der Waals surface area contributed by atoms with Gasteiger partial charge in [0, 0.05) is 6.92 Å². The molecule has 0 amide bonds. The molecule has 0 spiro atoms. The predicted octanol–water partition coefficient (Wildman–Crippen LogP) is 2.49. The lowest BCUT2D eigenvalue weighted by atomic mass is 10.2. The first-order chi connectivity index (χ1) is 8.09. The Hall–Kier alpha value is -0.870. The third-order valence-electron chi connectivity index (χ3n) is 1.67. The molecule has 0 aromatic carbocycles. The number of rotatable bonds is 4. The van der Waals surface area contributed by atoms with Crippen molar-refractivity contribution in [2.24, 2.45) is 0 Å². The Bertz CT molecular complexity index is 430. The van der Waals surface area contributed by atoms with Crippen molar-refractivity contribution in [1.29, 1.82) is 0 Å². The fraction of sp³-hybridized carbons (Fsp3) is 0.500. The van der Waals surface area contributed by atoms with Crippen molar-refractivity contribution < 1.29 is 19.1 Å². The Labute approximate surface area is 119 Å². The van der Waals surface area contributed by atoms with Gasteiger partial charge in [-0.15, -0.1) is 0 Å². The Balaban J connectivity index is 5.14. The van der Waals surface area contributed by atoms with Crippen molar-refractivity contribution in [3.05, 3.63) is 17.2 Å². The molecular weight excluding hydrogens is 302 g/mol. The largest absolute Gasteiger partial charge is 0.445 e. The van der Waals surface area contributed by atoms with Gasteiger partial charge in [-0.3, -0.25) is 4.79 Å². The van der Waals surface area contributed by atoms with Gasteiger partial charge in [0.25, 0.3) is 0 Å². The van der Waals surface area contributed by atoms with E-state index < -0.39 is 27.4 Å². The molecule has 0 N–H and O–H groups in total. The molecule has 0 saturated carbocycles. The standard InChI is InChI=1S/C10H11Cl3N2O3/c1-5(2)4-7(10(11,12)13)18-9(17)8(15-14)6(3)16/h4,7H,1-3H3. The quantitative estimate of drug-likeness (QED) is 0.152. The van der Waals surface area contributed by atoms with Gasteiger partial charge in [-0.2, -0.15) is 4.79 Å². The molecule has 0 fully saturated rings. The van der Waals surface area contributed by atoms with Crippen LogP contribution in [0, 0.1) is 0 Å². The topological polar surface area (TPSA) is 79.8 Å². The number of carbonyl (C=O) groups excluding carboxylic acids is 2. The maximum absolute atomic E-state index is 11.5. The first-order valence-corrected chi connectivity index (χ1v) is 5.88. The van der Waals surface area contributed by atoms with Crippen molar-refractivity contribution in [2.75, 3.05) is 0 Å². The number of nitrogens with zero attached hydrogens (tertiary/aromatic N) is 2. The highest BCUT2D eigenvalue weighted by atomic mass is 35.6. The maximum Gasteiger partial charge on any atom is 0.441 e. The number of carbonyl (C=O) groups is 2. The van der Waals surface area contributed by atoms with E-state index in [1.807, 2.05) is 0 Å². The summed E-state index contributed by atoms with van der Waals surface area (Å²) in [6.45, 7) is 4.47. The van der Waals surface area contributed by atoms with E-state index >= 15 is 0 Å². The predicted molar refractivity (Wildman–Crippen MR) is 68.9 cm³/mol. The van der Waals surface area contributed by atoms with Gasteiger partial charge in [-0.05, 0) is 19.9 Å². The Kier molecular flexibility index (Phi) is 6.57. The van der Waals surface area contributed by atoms with Gasteiger partial charge in [0.15, 0.2) is 6.10 Å². The molecule has 0 rings (SSSR count). The lowest BCUT2D eigenvalue weighted by Crippen LogP contribution is -2.35. The van der Waals surface area contributed by atoms with Gasteiger partial charge < -0.3 is 10.3 Å². The minimum Gasteiger partial charge on any atom is -0.445 e. The highest BCUT2D eigenvalue weighted by Crippen LogP contribution is 2.33. The molecule has 0 aromatic rings. The van der Waals surface area contributed by atoms with Crippen LogP contribution in [0.5, 0.6) is 0 Å². The second kappa shape index (κ2) is 6.90. The number of ether oxygens (including phenoxy) is 1. The molecule has 0 radical (unpaired) electrons. The van der Waals surface area contributed by atoms with Crippen molar-refractivity contribution in [3.8, 4) is 0 Å². The van der Waals surface area contributed by atoms with Gasteiger partial charge in [0.2, 0.25) is 9.58 Å². The van der Waals surface area contributed by atoms with Crippen LogP contribution >= 0.6 is 34.8 Å². The molecule has 18 heavy (non-hydrogen) atoms. The molecule has 0 bridgehead atoms. The van der Waals surface area contributed by atoms with Crippen LogP contribution in [0.4, 0.5) is 0 Å². The average Bonchev–Trinajstić information content (AvgIpc) is 2.14. The average molecular weight is 314 g/mol. The van der Waals surface area contributed by atoms with Gasteiger partial charge in [-0.25, -0.2) is 4.79 Å². The summed E-state index contributed by atoms with van der Waals surface area (Å²) in [5.74, 6) is -1.93. The van der Waals surface area contributed by atoms with Crippen LogP contribution in [-0.2, 0) is 14.3 Å². The summed E-state index contributed by atoms with van der Waals surface area (Å²) in [6, 6.07) is 0. The van der Waals surface area contributed by atoms with E-state index in [-0.39, 0.29) is 0 Å². The number of hydrogen-bond donors (Lipinski definition) is 0. The zero-order chi connectivity index (χ0) is 14.5. The Morgan fingerprint density at radius 2 is 1.78 bits per heavy atom. The fourth-order valence-corrected chi connectivity index (χ4v) is 1.25. The summed E-state index contributed by atoms with van der Waals surface area (Å²) in [5, 5.41) is 0. The van der Waals surface area contributed by atoms with E-state index in [4.69, 9.17) is 45.1 Å². The number of hydrogen-bond acceptors (Lipinski definition) is 3. The Morgan fingerprint density at radius 1 is 1.28 bits per heavy atom. The summed E-state index contributed by atoms with van der Waals surface area (Å²) in [5.41, 5.74) is 8.49. The van der Waals surface area contributed by atoms with Crippen LogP contribution < -0.4 is 0 Å². The SMILES string of the molecule is CC(=O)C(=[N+]=[N-])C(=O)OC(C=C(C)C)C(Cl)(Cl)Cl. The Morgan fingerprint density at radius 3 is 2.06 bits per heavy atom. The third-order valence-corrected chi connectivity index (χ3v) is 2.31. The highest BCUT2D eigenvalue weighted by Gasteiger charge is 2.38. The summed E-state index contributed by atoms with van der Waals surface area (Å²) in [6.07, 6.45) is 0.205. The molecule has 0 aliphatic heterocycles. The highest BCUT2D eigenvalue weighted by molar-refractivity contribution is 6.68. The third kappa shape index (κ3) is 5.65. The molecule has 0 aliphatic rings. The molecule has 0 heterocycles. The van der Waals surface area contributed by atoms with Crippen LogP contribution in [0.3, 0.4) is 0 Å². The van der Waals surface area contributed by atoms with Gasteiger partial charge in [0.05, 0.1) is 0 Å². The van der Waals surface area contributed by atoms with Gasteiger partial charge in [0.1, 0.15) is 0 Å². The van der Waals surface area contributed by atoms with E-state index in [9.17, 15) is 9.59 Å². The lowest BCUT2D eigenvalue weighted by molar-refractivity contribution is -0.144. The van der Waals surface area contributed by atoms with Crippen LogP contribution in [0.15, 0.2) is 11.6 Å². The van der Waals surface area contributed by atoms with Crippen molar-refractivity contribution in [3.63, 3.8) is 0 Å². The van der Waals surface area contributed by atoms with Crippen molar-refractivity contribution >= 4 is 52.3 Å². The molecule has 8 heteroatoms. The van der Waals surface area contributed by atoms with E-state index in [1.54, 1.807) is 13.8 Å². The molecule has 0 aromatic heterocycles. The number of allylic oxidation sites excluding steroid dienone is 1. The molecule has 1 unspecified atom stereocenters. The van der Waals surface area contributed by atoms with Gasteiger partial charge in [-0.1, -0.05) is 40.4 Å². The molecule has 1 atom stereocenters. The zero-order valence-electron chi connectivity index (χ0n) is 9.91. The first kappa shape index (κ1) is 17.1. The summed E-state index contributed by atoms with van der Waals surface area (Å²) >= 11 is 16.9. The number of esters is 1. The van der Waals surface area contributed by atoms with Crippen LogP contribution in [-0.4, -0.2) is 32.2 Å². The first-order valence-electron chi connectivity index (χ1n) is 4.75. The van der Waals surface area contributed by atoms with E-state index in [2.05, 4.69) is 4.79 Å². The summed E-state index contributed by atoms with van der Waals surface area (Å²) in [7, 11) is 0. The van der Waals surface area contributed by atoms with Crippen molar-refractivity contribution in [1.82, 2.24) is 0 Å². The minimum absolute atomic E-state index is 0.740. The molecule has 0 saturated heterocycles. The van der Waals surface area contributed by atoms with E-state index in [0.717, 1.165) is 12.5 Å². The summed E-state index contributed by atoms with van der Waals surface area (Å²) < 4.78 is 2.92. The number of halogens is 3. The molecule has 100 valence electrons. The maximum atomic E-state index is 11.5. The summed E-state index contributed by atoms with van der Waals surface area (Å²) in [4.78, 5) is 25.0. The monoisotopic (exact) mass is 312 g/mol. The normalized spacial score (nSPS) is 12.1. The zero-order valence-corrected chi connectivity index (χ0v) is 12.2.